The third kappa shape index (κ3) is 1.83. The summed E-state index contributed by atoms with van der Waals surface area (Å²) < 4.78 is 0. The highest BCUT2D eigenvalue weighted by Gasteiger charge is 2.57. The molecule has 4 heteroatoms. The predicted molar refractivity (Wildman–Crippen MR) is 61.3 cm³/mol. The lowest BCUT2D eigenvalue weighted by Crippen LogP contribution is -2.41. The summed E-state index contributed by atoms with van der Waals surface area (Å²) in [4.78, 5) is 25.0. The maximum absolute atomic E-state index is 12.2. The van der Waals surface area contributed by atoms with E-state index in [2.05, 4.69) is 0 Å². The topological polar surface area (TPSA) is 57.6 Å². The highest BCUT2D eigenvalue weighted by Crippen LogP contribution is 2.58. The number of fused-ring (bicyclic) bond motifs is 1. The van der Waals surface area contributed by atoms with Crippen LogP contribution in [0.5, 0.6) is 0 Å². The summed E-state index contributed by atoms with van der Waals surface area (Å²) in [5.74, 6) is 0.992. The monoisotopic (exact) mass is 237 g/mol. The van der Waals surface area contributed by atoms with Crippen LogP contribution in [0.25, 0.3) is 0 Å². The molecule has 0 spiro atoms. The van der Waals surface area contributed by atoms with E-state index < -0.39 is 5.97 Å². The zero-order valence-electron chi connectivity index (χ0n) is 9.97. The summed E-state index contributed by atoms with van der Waals surface area (Å²) >= 11 is 0. The van der Waals surface area contributed by atoms with Crippen LogP contribution < -0.4 is 0 Å². The van der Waals surface area contributed by atoms with Gasteiger partial charge in [-0.25, -0.2) is 0 Å². The van der Waals surface area contributed by atoms with Crippen LogP contribution in [0.3, 0.4) is 0 Å². The third-order valence-corrected chi connectivity index (χ3v) is 4.85. The molecule has 0 radical (unpaired) electrons. The van der Waals surface area contributed by atoms with Gasteiger partial charge in [0.1, 0.15) is 0 Å². The maximum atomic E-state index is 12.2. The number of likely N-dealkylation sites (tertiary alicyclic amines) is 1. The molecule has 1 heterocycles. The average molecular weight is 237 g/mol. The number of carboxylic acid groups (broad SMARTS) is 1. The summed E-state index contributed by atoms with van der Waals surface area (Å²) in [6.45, 7) is 1.29. The molecule has 94 valence electrons. The Bertz CT molecular complexity index is 337. The van der Waals surface area contributed by atoms with Gasteiger partial charge in [0, 0.05) is 19.0 Å². The molecule has 1 aliphatic heterocycles. The van der Waals surface area contributed by atoms with Crippen molar-refractivity contribution in [1.82, 2.24) is 4.90 Å². The average Bonchev–Trinajstić information content (AvgIpc) is 2.81. The molecule has 3 fully saturated rings. The van der Waals surface area contributed by atoms with E-state index in [0.717, 1.165) is 0 Å². The number of amides is 1. The smallest absolute Gasteiger partial charge is 0.306 e. The van der Waals surface area contributed by atoms with Crippen molar-refractivity contribution in [2.75, 3.05) is 13.1 Å². The lowest BCUT2D eigenvalue weighted by Gasteiger charge is -2.30. The quantitative estimate of drug-likeness (QED) is 0.788. The summed E-state index contributed by atoms with van der Waals surface area (Å²) in [5, 5.41) is 8.91. The van der Waals surface area contributed by atoms with Gasteiger partial charge < -0.3 is 10.0 Å². The normalized spacial score (nSPS) is 36.7. The van der Waals surface area contributed by atoms with Gasteiger partial charge in [-0.3, -0.25) is 9.59 Å². The van der Waals surface area contributed by atoms with Crippen LogP contribution in [0, 0.1) is 23.7 Å². The molecule has 1 N–H and O–H groups in total. The molecule has 2 aliphatic carbocycles. The molecule has 2 saturated carbocycles. The number of carbonyl (C=O) groups is 2. The Kier molecular flexibility index (Phi) is 2.60. The van der Waals surface area contributed by atoms with Crippen LogP contribution in [0.15, 0.2) is 0 Å². The van der Waals surface area contributed by atoms with Gasteiger partial charge in [0.05, 0.1) is 5.92 Å². The summed E-state index contributed by atoms with van der Waals surface area (Å²) in [5.41, 5.74) is 0. The molecule has 0 bridgehead atoms. The second-order valence-electron chi connectivity index (χ2n) is 5.72. The van der Waals surface area contributed by atoms with Crippen molar-refractivity contribution in [2.24, 2.45) is 23.7 Å². The molecule has 4 nitrogen and oxygen atoms in total. The van der Waals surface area contributed by atoms with E-state index in [4.69, 9.17) is 5.11 Å². The molecule has 2 unspecified atom stereocenters. The predicted octanol–water partition coefficient (Wildman–Crippen LogP) is 1.36. The number of carboxylic acids is 1. The fourth-order valence-electron chi connectivity index (χ4n) is 3.75. The van der Waals surface area contributed by atoms with E-state index >= 15 is 0 Å². The van der Waals surface area contributed by atoms with Crippen molar-refractivity contribution in [3.8, 4) is 0 Å². The Hall–Kier alpha value is -1.06. The van der Waals surface area contributed by atoms with Crippen LogP contribution in [-0.2, 0) is 9.59 Å². The fraction of sp³-hybridized carbons (Fsp3) is 0.846. The van der Waals surface area contributed by atoms with E-state index in [1.54, 1.807) is 0 Å². The van der Waals surface area contributed by atoms with Gasteiger partial charge in [-0.2, -0.15) is 0 Å². The lowest BCUT2D eigenvalue weighted by atomic mass is 9.96. The first-order valence-corrected chi connectivity index (χ1v) is 6.70. The van der Waals surface area contributed by atoms with Gasteiger partial charge in [0.2, 0.25) is 5.91 Å². The summed E-state index contributed by atoms with van der Waals surface area (Å²) in [6, 6.07) is 0. The number of hydrogen-bond donors (Lipinski definition) is 1. The number of nitrogens with zero attached hydrogens (tertiary/aromatic N) is 1. The first kappa shape index (κ1) is 11.1. The summed E-state index contributed by atoms with van der Waals surface area (Å²) in [7, 11) is 0. The molecule has 0 aromatic rings. The van der Waals surface area contributed by atoms with E-state index in [9.17, 15) is 9.59 Å². The second kappa shape index (κ2) is 4.00. The minimum atomic E-state index is -0.708. The van der Waals surface area contributed by atoms with Crippen molar-refractivity contribution in [1.29, 1.82) is 0 Å². The number of rotatable bonds is 2. The Morgan fingerprint density at radius 1 is 1.00 bits per heavy atom. The SMILES string of the molecule is O=C(O)C1CCN(C(=O)C2C3CCCC32)CC1. The Labute approximate surface area is 101 Å². The second-order valence-corrected chi connectivity index (χ2v) is 5.72. The van der Waals surface area contributed by atoms with Crippen LogP contribution in [0.1, 0.15) is 32.1 Å². The molecule has 0 aromatic heterocycles. The van der Waals surface area contributed by atoms with Crippen molar-refractivity contribution in [3.05, 3.63) is 0 Å². The molecule has 0 aromatic carbocycles. The van der Waals surface area contributed by atoms with Gasteiger partial charge in [-0.1, -0.05) is 6.42 Å². The Morgan fingerprint density at radius 3 is 2.12 bits per heavy atom. The van der Waals surface area contributed by atoms with Crippen molar-refractivity contribution in [2.45, 2.75) is 32.1 Å². The lowest BCUT2D eigenvalue weighted by molar-refractivity contribution is -0.146. The van der Waals surface area contributed by atoms with Crippen molar-refractivity contribution >= 4 is 11.9 Å². The summed E-state index contributed by atoms with van der Waals surface area (Å²) in [6.07, 6.45) is 5.01. The molecule has 17 heavy (non-hydrogen) atoms. The molecular weight excluding hydrogens is 218 g/mol. The molecular formula is C13H19NO3. The van der Waals surface area contributed by atoms with Gasteiger partial charge in [-0.05, 0) is 37.5 Å². The third-order valence-electron chi connectivity index (χ3n) is 4.85. The van der Waals surface area contributed by atoms with Crippen LogP contribution in [0.2, 0.25) is 0 Å². The first-order chi connectivity index (χ1) is 8.18. The fourth-order valence-corrected chi connectivity index (χ4v) is 3.75. The van der Waals surface area contributed by atoms with Gasteiger partial charge in [0.15, 0.2) is 0 Å². The number of carbonyl (C=O) groups excluding carboxylic acids is 1. The van der Waals surface area contributed by atoms with Gasteiger partial charge in [-0.15, -0.1) is 0 Å². The Morgan fingerprint density at radius 2 is 1.59 bits per heavy atom. The number of hydrogen-bond acceptors (Lipinski definition) is 2. The molecule has 3 rings (SSSR count). The first-order valence-electron chi connectivity index (χ1n) is 6.70. The van der Waals surface area contributed by atoms with Crippen LogP contribution in [0.4, 0.5) is 0 Å². The highest BCUT2D eigenvalue weighted by atomic mass is 16.4. The highest BCUT2D eigenvalue weighted by molar-refractivity contribution is 5.83. The van der Waals surface area contributed by atoms with Crippen molar-refractivity contribution in [3.63, 3.8) is 0 Å². The molecule has 1 saturated heterocycles. The largest absolute Gasteiger partial charge is 0.481 e. The molecule has 2 atom stereocenters. The molecule has 3 aliphatic rings. The van der Waals surface area contributed by atoms with Gasteiger partial charge >= 0.3 is 5.97 Å². The van der Waals surface area contributed by atoms with Gasteiger partial charge in [0.25, 0.3) is 0 Å². The van der Waals surface area contributed by atoms with Crippen LogP contribution >= 0.6 is 0 Å². The Balaban J connectivity index is 1.53. The number of aliphatic carboxylic acids is 1. The zero-order chi connectivity index (χ0) is 12.0. The standard InChI is InChI=1S/C13H19NO3/c15-12(11-9-2-1-3-10(9)11)14-6-4-8(5-7-14)13(16)17/h8-11H,1-7H2,(H,16,17). The minimum Gasteiger partial charge on any atom is -0.481 e. The maximum Gasteiger partial charge on any atom is 0.306 e. The van der Waals surface area contributed by atoms with E-state index in [1.165, 1.54) is 19.3 Å². The minimum absolute atomic E-state index is 0.238. The van der Waals surface area contributed by atoms with E-state index in [0.29, 0.717) is 49.6 Å². The zero-order valence-corrected chi connectivity index (χ0v) is 9.97. The van der Waals surface area contributed by atoms with E-state index in [1.807, 2.05) is 4.90 Å². The van der Waals surface area contributed by atoms with Crippen LogP contribution in [-0.4, -0.2) is 35.0 Å². The molecule has 1 amide bonds. The number of piperidine rings is 1. The van der Waals surface area contributed by atoms with Crippen molar-refractivity contribution < 1.29 is 14.7 Å². The van der Waals surface area contributed by atoms with E-state index in [-0.39, 0.29) is 5.92 Å².